The summed E-state index contributed by atoms with van der Waals surface area (Å²) in [6.07, 6.45) is 2.49. The molecule has 1 atom stereocenters. The Morgan fingerprint density at radius 3 is 2.14 bits per heavy atom. The highest BCUT2D eigenvalue weighted by molar-refractivity contribution is 4.91. The van der Waals surface area contributed by atoms with Crippen LogP contribution in [0.3, 0.4) is 0 Å². The monoisotopic (exact) mass is 194 g/mol. The lowest BCUT2D eigenvalue weighted by Crippen LogP contribution is -2.42. The van der Waals surface area contributed by atoms with E-state index in [-0.39, 0.29) is 6.04 Å². The van der Waals surface area contributed by atoms with Crippen LogP contribution in [-0.4, -0.2) is 24.0 Å². The number of nitrogens with zero attached hydrogens (tertiary/aromatic N) is 2. The molecule has 1 aliphatic heterocycles. The molecule has 0 N–H and O–H groups in total. The highest BCUT2D eigenvalue weighted by atomic mass is 15.2. The van der Waals surface area contributed by atoms with E-state index in [0.29, 0.717) is 5.41 Å². The van der Waals surface area contributed by atoms with Crippen LogP contribution in [0, 0.1) is 22.7 Å². The van der Waals surface area contributed by atoms with Crippen LogP contribution in [0.15, 0.2) is 0 Å². The first-order valence-corrected chi connectivity index (χ1v) is 5.59. The van der Waals surface area contributed by atoms with Crippen LogP contribution in [0.1, 0.15) is 40.5 Å². The molecular weight excluding hydrogens is 172 g/mol. The molecule has 1 fully saturated rings. The Kier molecular flexibility index (Phi) is 3.55. The zero-order valence-electron chi connectivity index (χ0n) is 9.88. The van der Waals surface area contributed by atoms with Gasteiger partial charge in [0, 0.05) is 0 Å². The zero-order chi connectivity index (χ0) is 10.8. The van der Waals surface area contributed by atoms with Gasteiger partial charge in [0.1, 0.15) is 0 Å². The molecule has 0 amide bonds. The quantitative estimate of drug-likeness (QED) is 0.641. The summed E-state index contributed by atoms with van der Waals surface area (Å²) < 4.78 is 0. The Morgan fingerprint density at radius 1 is 1.29 bits per heavy atom. The molecule has 0 aliphatic carbocycles. The van der Waals surface area contributed by atoms with E-state index in [1.807, 2.05) is 6.92 Å². The van der Waals surface area contributed by atoms with Crippen LogP contribution in [0.25, 0.3) is 0 Å². The molecule has 2 nitrogen and oxygen atoms in total. The fourth-order valence-corrected chi connectivity index (χ4v) is 2.23. The summed E-state index contributed by atoms with van der Waals surface area (Å²) >= 11 is 0. The van der Waals surface area contributed by atoms with E-state index in [2.05, 4.69) is 31.7 Å². The van der Waals surface area contributed by atoms with Gasteiger partial charge in [-0.15, -0.1) is 0 Å². The van der Waals surface area contributed by atoms with E-state index in [0.717, 1.165) is 19.0 Å². The van der Waals surface area contributed by atoms with E-state index < -0.39 is 0 Å². The molecule has 1 rings (SSSR count). The van der Waals surface area contributed by atoms with Gasteiger partial charge in [0.05, 0.1) is 12.1 Å². The van der Waals surface area contributed by atoms with Gasteiger partial charge in [0.15, 0.2) is 0 Å². The fraction of sp³-hybridized carbons (Fsp3) is 0.917. The Bertz CT molecular complexity index is 213. The second-order valence-electron chi connectivity index (χ2n) is 5.48. The first-order chi connectivity index (χ1) is 6.45. The van der Waals surface area contributed by atoms with Crippen molar-refractivity contribution in [1.82, 2.24) is 4.90 Å². The van der Waals surface area contributed by atoms with Gasteiger partial charge in [-0.3, -0.25) is 4.90 Å². The van der Waals surface area contributed by atoms with Crippen molar-refractivity contribution in [2.24, 2.45) is 11.3 Å². The number of hydrogen-bond acceptors (Lipinski definition) is 2. The lowest BCUT2D eigenvalue weighted by molar-refractivity contribution is 0.102. The average Bonchev–Trinajstić information content (AvgIpc) is 2.15. The molecule has 1 unspecified atom stereocenters. The molecule has 0 aromatic rings. The van der Waals surface area contributed by atoms with Gasteiger partial charge in [-0.25, -0.2) is 0 Å². The van der Waals surface area contributed by atoms with Crippen molar-refractivity contribution in [3.63, 3.8) is 0 Å². The fourth-order valence-electron chi connectivity index (χ4n) is 2.23. The van der Waals surface area contributed by atoms with E-state index in [1.165, 1.54) is 12.8 Å². The van der Waals surface area contributed by atoms with Crippen molar-refractivity contribution in [2.75, 3.05) is 13.1 Å². The van der Waals surface area contributed by atoms with Gasteiger partial charge in [-0.2, -0.15) is 5.26 Å². The number of nitriles is 1. The van der Waals surface area contributed by atoms with Gasteiger partial charge in [-0.1, -0.05) is 20.8 Å². The van der Waals surface area contributed by atoms with Gasteiger partial charge in [-0.05, 0) is 44.2 Å². The minimum atomic E-state index is 0.0934. The molecule has 80 valence electrons. The summed E-state index contributed by atoms with van der Waals surface area (Å²) in [4.78, 5) is 2.29. The van der Waals surface area contributed by atoms with Crippen LogP contribution >= 0.6 is 0 Å². The average molecular weight is 194 g/mol. The number of rotatable bonds is 1. The van der Waals surface area contributed by atoms with Crippen molar-refractivity contribution in [3.05, 3.63) is 0 Å². The molecule has 0 aromatic heterocycles. The molecule has 2 heteroatoms. The summed E-state index contributed by atoms with van der Waals surface area (Å²) in [6.45, 7) is 11.1. The van der Waals surface area contributed by atoms with Gasteiger partial charge in [0.25, 0.3) is 0 Å². The van der Waals surface area contributed by atoms with Gasteiger partial charge < -0.3 is 0 Å². The highest BCUT2D eigenvalue weighted by Crippen LogP contribution is 2.34. The second-order valence-corrected chi connectivity index (χ2v) is 5.48. The molecular formula is C12H22N2. The maximum atomic E-state index is 8.82. The third-order valence-electron chi connectivity index (χ3n) is 3.49. The second kappa shape index (κ2) is 4.31. The SMILES string of the molecule is CC(C#N)N1CCC(C(C)(C)C)CC1. The number of piperidine rings is 1. The summed E-state index contributed by atoms with van der Waals surface area (Å²) in [5.74, 6) is 0.824. The van der Waals surface area contributed by atoms with Gasteiger partial charge in [0.2, 0.25) is 0 Å². The Balaban J connectivity index is 2.43. The first-order valence-electron chi connectivity index (χ1n) is 5.59. The minimum Gasteiger partial charge on any atom is -0.288 e. The summed E-state index contributed by atoms with van der Waals surface area (Å²) in [7, 11) is 0. The molecule has 14 heavy (non-hydrogen) atoms. The maximum Gasteiger partial charge on any atom is 0.0949 e. The van der Waals surface area contributed by atoms with Crippen molar-refractivity contribution in [1.29, 1.82) is 5.26 Å². The third kappa shape index (κ3) is 2.72. The van der Waals surface area contributed by atoms with Gasteiger partial charge >= 0.3 is 0 Å². The van der Waals surface area contributed by atoms with E-state index in [1.54, 1.807) is 0 Å². The standard InChI is InChI=1S/C12H22N2/c1-10(9-13)14-7-5-11(6-8-14)12(2,3)4/h10-11H,5-8H2,1-4H3. The summed E-state index contributed by atoms with van der Waals surface area (Å²) in [5, 5.41) is 8.82. The minimum absolute atomic E-state index is 0.0934. The van der Waals surface area contributed by atoms with Crippen molar-refractivity contribution >= 4 is 0 Å². The van der Waals surface area contributed by atoms with E-state index >= 15 is 0 Å². The van der Waals surface area contributed by atoms with Crippen molar-refractivity contribution in [2.45, 2.75) is 46.6 Å². The first kappa shape index (κ1) is 11.5. The molecule has 0 spiro atoms. The molecule has 0 radical (unpaired) electrons. The predicted molar refractivity (Wildman–Crippen MR) is 58.8 cm³/mol. The van der Waals surface area contributed by atoms with Crippen LogP contribution in [0.4, 0.5) is 0 Å². The van der Waals surface area contributed by atoms with Crippen molar-refractivity contribution < 1.29 is 0 Å². The van der Waals surface area contributed by atoms with Crippen molar-refractivity contribution in [3.8, 4) is 6.07 Å². The molecule has 1 saturated heterocycles. The van der Waals surface area contributed by atoms with Crippen LogP contribution in [0.2, 0.25) is 0 Å². The van der Waals surface area contributed by atoms with Crippen LogP contribution in [0.5, 0.6) is 0 Å². The summed E-state index contributed by atoms with van der Waals surface area (Å²) in [5.41, 5.74) is 0.433. The lowest BCUT2D eigenvalue weighted by atomic mass is 9.75. The third-order valence-corrected chi connectivity index (χ3v) is 3.49. The highest BCUT2D eigenvalue weighted by Gasteiger charge is 2.29. The smallest absolute Gasteiger partial charge is 0.0949 e. The molecule has 0 saturated carbocycles. The number of hydrogen-bond donors (Lipinski definition) is 0. The van der Waals surface area contributed by atoms with E-state index in [9.17, 15) is 0 Å². The Labute approximate surface area is 87.9 Å². The molecule has 0 bridgehead atoms. The number of likely N-dealkylation sites (tertiary alicyclic amines) is 1. The molecule has 0 aromatic carbocycles. The predicted octanol–water partition coefficient (Wildman–Crippen LogP) is 2.66. The van der Waals surface area contributed by atoms with Crippen LogP contribution < -0.4 is 0 Å². The lowest BCUT2D eigenvalue weighted by Gasteiger charge is -2.39. The largest absolute Gasteiger partial charge is 0.288 e. The topological polar surface area (TPSA) is 27.0 Å². The normalized spacial score (nSPS) is 23.1. The molecule has 1 aliphatic rings. The molecule has 1 heterocycles. The Morgan fingerprint density at radius 2 is 1.79 bits per heavy atom. The zero-order valence-corrected chi connectivity index (χ0v) is 9.88. The maximum absolute atomic E-state index is 8.82. The van der Waals surface area contributed by atoms with E-state index in [4.69, 9.17) is 5.26 Å². The van der Waals surface area contributed by atoms with Crippen LogP contribution in [-0.2, 0) is 0 Å². The summed E-state index contributed by atoms with van der Waals surface area (Å²) in [6, 6.07) is 2.41. The Hall–Kier alpha value is -0.550.